The summed E-state index contributed by atoms with van der Waals surface area (Å²) in [6.45, 7) is 2.12. The molecule has 0 radical (unpaired) electrons. The first-order valence-electron chi connectivity index (χ1n) is 8.81. The quantitative estimate of drug-likeness (QED) is 0.731. The number of anilines is 1. The van der Waals surface area contributed by atoms with Gasteiger partial charge in [0.15, 0.2) is 0 Å². The molecule has 2 aliphatic rings. The van der Waals surface area contributed by atoms with Crippen LogP contribution in [0.3, 0.4) is 0 Å². The maximum absolute atomic E-state index is 12.9. The normalized spacial score (nSPS) is 23.1. The first kappa shape index (κ1) is 19.5. The van der Waals surface area contributed by atoms with E-state index in [4.69, 9.17) is 9.88 Å². The Morgan fingerprint density at radius 2 is 1.63 bits per heavy atom. The van der Waals surface area contributed by atoms with Crippen LogP contribution in [0.5, 0.6) is 0 Å². The van der Waals surface area contributed by atoms with Crippen molar-refractivity contribution in [3.63, 3.8) is 0 Å². The zero-order valence-electron chi connectivity index (χ0n) is 14.8. The number of primary sulfonamides is 1. The third-order valence-corrected chi connectivity index (χ3v) is 5.79. The lowest BCUT2D eigenvalue weighted by molar-refractivity contribution is -0.144. The monoisotopic (exact) mass is 393 g/mol. The number of allylic oxidation sites excluding steroid dienone is 2. The lowest BCUT2D eigenvalue weighted by Gasteiger charge is -2.34. The number of nitrogens with one attached hydrogen (secondary N) is 1. The van der Waals surface area contributed by atoms with Crippen molar-refractivity contribution >= 4 is 27.5 Å². The third kappa shape index (κ3) is 4.74. The molecule has 1 aromatic carbocycles. The predicted octanol–water partition coefficient (Wildman–Crippen LogP) is 0.714. The van der Waals surface area contributed by atoms with E-state index in [1.807, 2.05) is 12.2 Å². The Bertz CT molecular complexity index is 829. The predicted molar refractivity (Wildman–Crippen MR) is 99.2 cm³/mol. The highest BCUT2D eigenvalue weighted by Crippen LogP contribution is 2.29. The average Bonchev–Trinajstić information content (AvgIpc) is 2.68. The molecule has 1 saturated heterocycles. The molecule has 27 heavy (non-hydrogen) atoms. The fourth-order valence-corrected chi connectivity index (χ4v) is 3.87. The number of amides is 2. The summed E-state index contributed by atoms with van der Waals surface area (Å²) < 4.78 is 27.9. The van der Waals surface area contributed by atoms with E-state index in [0.717, 1.165) is 0 Å². The highest BCUT2D eigenvalue weighted by atomic mass is 32.2. The van der Waals surface area contributed by atoms with E-state index in [1.54, 1.807) is 4.90 Å². The molecule has 3 rings (SSSR count). The van der Waals surface area contributed by atoms with Crippen LogP contribution >= 0.6 is 0 Å². The number of hydrogen-bond acceptors (Lipinski definition) is 5. The van der Waals surface area contributed by atoms with E-state index in [-0.39, 0.29) is 16.7 Å². The van der Waals surface area contributed by atoms with Gasteiger partial charge in [-0.15, -0.1) is 0 Å². The van der Waals surface area contributed by atoms with Gasteiger partial charge in [-0.05, 0) is 37.1 Å². The summed E-state index contributed by atoms with van der Waals surface area (Å²) in [6.07, 6.45) is 4.87. The van der Waals surface area contributed by atoms with Crippen LogP contribution in [0.4, 0.5) is 5.69 Å². The Morgan fingerprint density at radius 1 is 1.04 bits per heavy atom. The van der Waals surface area contributed by atoms with Crippen LogP contribution in [0.25, 0.3) is 0 Å². The van der Waals surface area contributed by atoms with Gasteiger partial charge >= 0.3 is 0 Å². The van der Waals surface area contributed by atoms with Gasteiger partial charge in [-0.25, -0.2) is 13.6 Å². The Labute approximate surface area is 158 Å². The Hall–Kier alpha value is -2.23. The second-order valence-electron chi connectivity index (χ2n) is 6.65. The number of nitrogens with two attached hydrogens (primary N) is 1. The largest absolute Gasteiger partial charge is 0.378 e. The van der Waals surface area contributed by atoms with Crippen LogP contribution < -0.4 is 10.5 Å². The Kier molecular flexibility index (Phi) is 5.93. The van der Waals surface area contributed by atoms with Crippen molar-refractivity contribution in [1.29, 1.82) is 0 Å². The summed E-state index contributed by atoms with van der Waals surface area (Å²) >= 11 is 0. The van der Waals surface area contributed by atoms with Crippen molar-refractivity contribution in [3.05, 3.63) is 36.4 Å². The van der Waals surface area contributed by atoms with Gasteiger partial charge in [0.05, 0.1) is 29.9 Å². The number of nitrogens with zero attached hydrogens (tertiary/aromatic N) is 1. The highest BCUT2D eigenvalue weighted by molar-refractivity contribution is 7.89. The zero-order chi connectivity index (χ0) is 19.4. The van der Waals surface area contributed by atoms with Gasteiger partial charge in [0, 0.05) is 18.8 Å². The number of rotatable bonds is 4. The molecule has 3 N–H and O–H groups in total. The van der Waals surface area contributed by atoms with E-state index >= 15 is 0 Å². The van der Waals surface area contributed by atoms with Gasteiger partial charge in [-0.2, -0.15) is 0 Å². The second kappa shape index (κ2) is 8.20. The number of sulfonamides is 1. The highest BCUT2D eigenvalue weighted by Gasteiger charge is 2.36. The van der Waals surface area contributed by atoms with Gasteiger partial charge < -0.3 is 15.0 Å². The van der Waals surface area contributed by atoms with Gasteiger partial charge in [-0.1, -0.05) is 12.2 Å². The fraction of sp³-hybridized carbons (Fsp3) is 0.444. The first-order valence-corrected chi connectivity index (χ1v) is 10.4. The minimum absolute atomic E-state index is 0.0210. The number of carbonyl (C=O) groups excluding carboxylic acids is 2. The van der Waals surface area contributed by atoms with Crippen molar-refractivity contribution < 1.29 is 22.7 Å². The molecule has 0 saturated carbocycles. The smallest absolute Gasteiger partial charge is 0.238 e. The molecule has 0 spiro atoms. The SMILES string of the molecule is NS(=O)(=O)c1ccc(NC(=O)[C@H]2CC=CC[C@@H]2C(=O)N2CCOCC2)cc1. The molecule has 0 aromatic heterocycles. The molecule has 2 atom stereocenters. The molecule has 1 fully saturated rings. The lowest BCUT2D eigenvalue weighted by atomic mass is 9.81. The number of benzene rings is 1. The van der Waals surface area contributed by atoms with Gasteiger partial charge in [0.1, 0.15) is 0 Å². The van der Waals surface area contributed by atoms with E-state index in [1.165, 1.54) is 24.3 Å². The molecule has 8 nitrogen and oxygen atoms in total. The zero-order valence-corrected chi connectivity index (χ0v) is 15.7. The molecular formula is C18H23N3O5S. The van der Waals surface area contributed by atoms with Crippen LogP contribution in [0.15, 0.2) is 41.3 Å². The summed E-state index contributed by atoms with van der Waals surface area (Å²) in [7, 11) is -3.78. The number of hydrogen-bond donors (Lipinski definition) is 2. The first-order chi connectivity index (χ1) is 12.9. The molecule has 1 aliphatic heterocycles. The van der Waals surface area contributed by atoms with Crippen molar-refractivity contribution in [2.24, 2.45) is 17.0 Å². The van der Waals surface area contributed by atoms with Crippen LogP contribution in [0, 0.1) is 11.8 Å². The van der Waals surface area contributed by atoms with Crippen LogP contribution in [-0.2, 0) is 24.3 Å². The van der Waals surface area contributed by atoms with Crippen molar-refractivity contribution in [2.45, 2.75) is 17.7 Å². The maximum Gasteiger partial charge on any atom is 0.238 e. The number of ether oxygens (including phenoxy) is 1. The van der Waals surface area contributed by atoms with E-state index < -0.39 is 21.9 Å². The molecule has 146 valence electrons. The van der Waals surface area contributed by atoms with Crippen LogP contribution in [0.2, 0.25) is 0 Å². The molecule has 1 aromatic rings. The average molecular weight is 393 g/mol. The molecular weight excluding hydrogens is 370 g/mol. The number of morpholine rings is 1. The molecule has 9 heteroatoms. The van der Waals surface area contributed by atoms with E-state index in [2.05, 4.69) is 5.32 Å². The molecule has 1 aliphatic carbocycles. The van der Waals surface area contributed by atoms with Gasteiger partial charge in [0.25, 0.3) is 0 Å². The minimum Gasteiger partial charge on any atom is -0.378 e. The van der Waals surface area contributed by atoms with Crippen molar-refractivity contribution in [1.82, 2.24) is 4.90 Å². The van der Waals surface area contributed by atoms with Crippen molar-refractivity contribution in [3.8, 4) is 0 Å². The molecule has 1 heterocycles. The number of carbonyl (C=O) groups is 2. The van der Waals surface area contributed by atoms with Gasteiger partial charge in [-0.3, -0.25) is 9.59 Å². The minimum atomic E-state index is -3.78. The molecule has 0 bridgehead atoms. The lowest BCUT2D eigenvalue weighted by Crippen LogP contribution is -2.47. The van der Waals surface area contributed by atoms with E-state index in [0.29, 0.717) is 44.8 Å². The fourth-order valence-electron chi connectivity index (χ4n) is 3.36. The van der Waals surface area contributed by atoms with Crippen LogP contribution in [-0.4, -0.2) is 51.4 Å². The second-order valence-corrected chi connectivity index (χ2v) is 8.21. The molecule has 0 unspecified atom stereocenters. The van der Waals surface area contributed by atoms with E-state index in [9.17, 15) is 18.0 Å². The summed E-state index contributed by atoms with van der Waals surface area (Å²) in [5, 5.41) is 7.85. The Balaban J connectivity index is 1.70. The molecule has 2 amide bonds. The summed E-state index contributed by atoms with van der Waals surface area (Å²) in [6, 6.07) is 5.63. The van der Waals surface area contributed by atoms with Crippen molar-refractivity contribution in [2.75, 3.05) is 31.6 Å². The van der Waals surface area contributed by atoms with Gasteiger partial charge in [0.2, 0.25) is 21.8 Å². The summed E-state index contributed by atoms with van der Waals surface area (Å²) in [4.78, 5) is 27.3. The van der Waals surface area contributed by atoms with Crippen LogP contribution in [0.1, 0.15) is 12.8 Å². The topological polar surface area (TPSA) is 119 Å². The third-order valence-electron chi connectivity index (χ3n) is 4.86. The standard InChI is InChI=1S/C18H23N3O5S/c19-27(24,25)14-7-5-13(6-8-14)20-17(22)15-3-1-2-4-16(15)18(23)21-9-11-26-12-10-21/h1-2,5-8,15-16H,3-4,9-12H2,(H,20,22)(H2,19,24,25)/t15-,16-/m0/s1. The summed E-state index contributed by atoms with van der Waals surface area (Å²) in [5.74, 6) is -1.15. The Morgan fingerprint density at radius 3 is 2.22 bits per heavy atom. The maximum atomic E-state index is 12.9. The summed E-state index contributed by atoms with van der Waals surface area (Å²) in [5.41, 5.74) is 0.458.